The Kier molecular flexibility index (Phi) is 10.2. The summed E-state index contributed by atoms with van der Waals surface area (Å²) in [5, 5.41) is 30.2. The molecule has 3 N–H and O–H groups in total. The Hall–Kier alpha value is -5.29. The molecule has 1 atom stereocenters. The maximum absolute atomic E-state index is 14.7. The van der Waals surface area contributed by atoms with Crippen molar-refractivity contribution >= 4 is 23.3 Å². The van der Waals surface area contributed by atoms with Crippen LogP contribution in [0.1, 0.15) is 84.0 Å². The number of aryl methyl sites for hydroxylation is 1. The number of carbonyl (C=O) groups is 4. The van der Waals surface area contributed by atoms with Crippen LogP contribution in [0.3, 0.4) is 0 Å². The van der Waals surface area contributed by atoms with E-state index in [0.717, 1.165) is 37.3 Å². The molecule has 4 aromatic rings. The number of aliphatic hydroxyl groups excluding tert-OH is 1. The van der Waals surface area contributed by atoms with E-state index in [0.29, 0.717) is 11.1 Å². The lowest BCUT2D eigenvalue weighted by atomic mass is 9.74. The summed E-state index contributed by atoms with van der Waals surface area (Å²) < 4.78 is 48.9. The zero-order valence-electron chi connectivity index (χ0n) is 26.6. The number of alkyl halides is 3. The number of methoxy groups -OCH3 is 1. The first-order valence-electron chi connectivity index (χ1n) is 14.8. The molecular formula is C37H33F3O8. The van der Waals surface area contributed by atoms with Crippen LogP contribution in [-0.2, 0) is 16.6 Å². The normalized spacial score (nSPS) is 12.7. The Bertz CT molecular complexity index is 1930. The first-order chi connectivity index (χ1) is 22.6. The number of Topliss-reactive ketones (excluding diaryl/α,β-unsaturated/α-hetero) is 3. The minimum Gasteiger partial charge on any atom is -0.508 e. The molecule has 0 bridgehead atoms. The van der Waals surface area contributed by atoms with Gasteiger partial charge in [-0.25, -0.2) is 4.79 Å². The predicted octanol–water partition coefficient (Wildman–Crippen LogP) is 6.92. The Morgan fingerprint density at radius 1 is 0.708 bits per heavy atom. The molecule has 250 valence electrons. The lowest BCUT2D eigenvalue weighted by Crippen LogP contribution is -2.40. The van der Waals surface area contributed by atoms with Gasteiger partial charge in [0.25, 0.3) is 0 Å². The molecule has 0 aromatic heterocycles. The minimum atomic E-state index is -4.82. The minimum absolute atomic E-state index is 0.000663. The van der Waals surface area contributed by atoms with E-state index in [4.69, 9.17) is 4.74 Å². The highest BCUT2D eigenvalue weighted by Gasteiger charge is 2.53. The van der Waals surface area contributed by atoms with Gasteiger partial charge >= 0.3 is 12.1 Å². The van der Waals surface area contributed by atoms with Gasteiger partial charge in [0.1, 0.15) is 23.5 Å². The van der Waals surface area contributed by atoms with E-state index in [1.54, 1.807) is 13.0 Å². The van der Waals surface area contributed by atoms with Gasteiger partial charge in [-0.3, -0.25) is 14.4 Å². The van der Waals surface area contributed by atoms with Gasteiger partial charge in [-0.05, 0) is 72.0 Å². The summed E-state index contributed by atoms with van der Waals surface area (Å²) in [5.74, 6) is -3.21. The average molecular weight is 663 g/mol. The standard InChI is InChI=1S/C37H33F3O8/c1-5-30(42)27-11-7-22(17-29(27)35(47)48-4)21-6-10-26(28(16-21)34(46)19-41)33(45)18-23-15-25(9-13-32(23)44)36(3,37(38,39)40)24-8-12-31(43)20(2)14-24/h6-17,41,43-44H,5,18-19H2,1-4H3. The molecule has 0 spiro atoms. The Morgan fingerprint density at radius 3 is 1.77 bits per heavy atom. The van der Waals surface area contributed by atoms with Crippen LogP contribution in [0.15, 0.2) is 72.8 Å². The Labute approximate surface area is 274 Å². The number of hydrogen-bond acceptors (Lipinski definition) is 8. The van der Waals surface area contributed by atoms with Crippen LogP contribution < -0.4 is 0 Å². The van der Waals surface area contributed by atoms with Crippen LogP contribution in [0, 0.1) is 6.92 Å². The summed E-state index contributed by atoms with van der Waals surface area (Å²) in [6, 6.07) is 15.3. The second kappa shape index (κ2) is 13.8. The lowest BCUT2D eigenvalue weighted by Gasteiger charge is -2.34. The van der Waals surface area contributed by atoms with E-state index in [2.05, 4.69) is 0 Å². The van der Waals surface area contributed by atoms with Crippen molar-refractivity contribution in [2.24, 2.45) is 0 Å². The van der Waals surface area contributed by atoms with Crippen LogP contribution in [0.4, 0.5) is 13.2 Å². The first-order valence-corrected chi connectivity index (χ1v) is 14.8. The summed E-state index contributed by atoms with van der Waals surface area (Å²) in [6.07, 6.45) is -5.27. The molecule has 0 heterocycles. The highest BCUT2D eigenvalue weighted by Crippen LogP contribution is 2.47. The summed E-state index contributed by atoms with van der Waals surface area (Å²) in [7, 11) is 1.17. The monoisotopic (exact) mass is 662 g/mol. The van der Waals surface area contributed by atoms with Crippen LogP contribution in [0.5, 0.6) is 11.5 Å². The number of carbonyl (C=O) groups excluding carboxylic acids is 4. The van der Waals surface area contributed by atoms with Gasteiger partial charge in [-0.1, -0.05) is 49.4 Å². The van der Waals surface area contributed by atoms with Crippen molar-refractivity contribution in [3.05, 3.63) is 117 Å². The third kappa shape index (κ3) is 6.72. The third-order valence-electron chi connectivity index (χ3n) is 8.49. The molecule has 0 aliphatic rings. The maximum Gasteiger partial charge on any atom is 0.402 e. The SMILES string of the molecule is CCC(=O)c1ccc(-c2ccc(C(=O)Cc3cc(C(C)(c4ccc(O)c(C)c4)C(F)(F)F)ccc3O)c(C(=O)CO)c2)cc1C(=O)OC. The van der Waals surface area contributed by atoms with E-state index in [-0.39, 0.29) is 62.5 Å². The van der Waals surface area contributed by atoms with Crippen molar-refractivity contribution in [3.63, 3.8) is 0 Å². The molecule has 4 rings (SSSR count). The molecule has 4 aromatic carbocycles. The van der Waals surface area contributed by atoms with Gasteiger partial charge in [0, 0.05) is 35.1 Å². The zero-order chi connectivity index (χ0) is 35.6. The van der Waals surface area contributed by atoms with Crippen LogP contribution in [-0.4, -0.2) is 58.5 Å². The second-order valence-electron chi connectivity index (χ2n) is 11.4. The molecule has 0 aliphatic heterocycles. The summed E-state index contributed by atoms with van der Waals surface area (Å²) >= 11 is 0. The molecule has 8 nitrogen and oxygen atoms in total. The smallest absolute Gasteiger partial charge is 0.402 e. The summed E-state index contributed by atoms with van der Waals surface area (Å²) in [6.45, 7) is 3.11. The number of phenols is 2. The van der Waals surface area contributed by atoms with Gasteiger partial charge in [0.2, 0.25) is 0 Å². The molecule has 48 heavy (non-hydrogen) atoms. The van der Waals surface area contributed by atoms with E-state index in [1.807, 2.05) is 0 Å². The van der Waals surface area contributed by atoms with Crippen molar-refractivity contribution in [1.29, 1.82) is 0 Å². The highest BCUT2D eigenvalue weighted by atomic mass is 19.4. The van der Waals surface area contributed by atoms with Gasteiger partial charge in [0.05, 0.1) is 12.7 Å². The number of ketones is 3. The van der Waals surface area contributed by atoms with E-state index < -0.39 is 47.9 Å². The summed E-state index contributed by atoms with van der Waals surface area (Å²) in [4.78, 5) is 51.3. The topological polar surface area (TPSA) is 138 Å². The van der Waals surface area contributed by atoms with Gasteiger partial charge in [-0.2, -0.15) is 13.2 Å². The van der Waals surface area contributed by atoms with Crippen molar-refractivity contribution in [2.45, 2.75) is 45.2 Å². The molecule has 0 saturated heterocycles. The van der Waals surface area contributed by atoms with E-state index in [9.17, 15) is 47.7 Å². The number of rotatable bonds is 11. The largest absolute Gasteiger partial charge is 0.508 e. The van der Waals surface area contributed by atoms with Gasteiger partial charge < -0.3 is 20.1 Å². The van der Waals surface area contributed by atoms with Crippen LogP contribution in [0.25, 0.3) is 11.1 Å². The summed E-state index contributed by atoms with van der Waals surface area (Å²) in [5.41, 5.74) is -2.36. The van der Waals surface area contributed by atoms with Crippen molar-refractivity contribution < 1.29 is 52.4 Å². The highest BCUT2D eigenvalue weighted by molar-refractivity contribution is 6.11. The second-order valence-corrected chi connectivity index (χ2v) is 11.4. The Balaban J connectivity index is 1.77. The first kappa shape index (κ1) is 35.6. The van der Waals surface area contributed by atoms with Crippen molar-refractivity contribution in [2.75, 3.05) is 13.7 Å². The predicted molar refractivity (Wildman–Crippen MR) is 171 cm³/mol. The quantitative estimate of drug-likeness (QED) is 0.116. The molecule has 0 fully saturated rings. The fourth-order valence-electron chi connectivity index (χ4n) is 5.49. The number of aliphatic hydroxyl groups is 1. The molecule has 0 amide bonds. The molecule has 0 radical (unpaired) electrons. The van der Waals surface area contributed by atoms with Crippen molar-refractivity contribution in [1.82, 2.24) is 0 Å². The fourth-order valence-corrected chi connectivity index (χ4v) is 5.49. The van der Waals surface area contributed by atoms with E-state index in [1.165, 1.54) is 50.4 Å². The van der Waals surface area contributed by atoms with Crippen molar-refractivity contribution in [3.8, 4) is 22.6 Å². The lowest BCUT2D eigenvalue weighted by molar-refractivity contribution is -0.173. The van der Waals surface area contributed by atoms with E-state index >= 15 is 0 Å². The molecule has 1 unspecified atom stereocenters. The average Bonchev–Trinajstić information content (AvgIpc) is 3.07. The maximum atomic E-state index is 14.7. The number of esters is 1. The molecule has 11 heteroatoms. The number of aromatic hydroxyl groups is 2. The van der Waals surface area contributed by atoms with Gasteiger partial charge in [0.15, 0.2) is 17.3 Å². The number of benzene rings is 4. The Morgan fingerprint density at radius 2 is 1.25 bits per heavy atom. The molecule has 0 aliphatic carbocycles. The zero-order valence-corrected chi connectivity index (χ0v) is 26.6. The van der Waals surface area contributed by atoms with Crippen LogP contribution in [0.2, 0.25) is 0 Å². The molecular weight excluding hydrogens is 629 g/mol. The van der Waals surface area contributed by atoms with Gasteiger partial charge in [-0.15, -0.1) is 0 Å². The molecule has 0 saturated carbocycles. The number of phenolic OH excluding ortho intramolecular Hbond substituents is 2. The number of hydrogen-bond donors (Lipinski definition) is 3. The van der Waals surface area contributed by atoms with Crippen LogP contribution >= 0.6 is 0 Å². The number of halogens is 3. The fraction of sp³-hybridized carbons (Fsp3) is 0.243. The number of ether oxygens (including phenoxy) is 1. The third-order valence-corrected chi connectivity index (χ3v) is 8.49.